The Morgan fingerprint density at radius 3 is 2.82 bits per heavy atom. The molecule has 0 spiro atoms. The Morgan fingerprint density at radius 1 is 1.35 bits per heavy atom. The van der Waals surface area contributed by atoms with Gasteiger partial charge in [-0.1, -0.05) is 31.9 Å². The van der Waals surface area contributed by atoms with Crippen molar-refractivity contribution in [3.05, 3.63) is 35.0 Å². The van der Waals surface area contributed by atoms with E-state index in [4.69, 9.17) is 21.8 Å². The first-order valence-electron chi connectivity index (χ1n) is 6.06. The number of benzene rings is 1. The Hall–Kier alpha value is -0.990. The Labute approximate surface area is 107 Å². The van der Waals surface area contributed by atoms with Crippen LogP contribution >= 0.6 is 11.6 Å². The van der Waals surface area contributed by atoms with Gasteiger partial charge >= 0.3 is 0 Å². The molecule has 2 aromatic rings. The fourth-order valence-corrected chi connectivity index (χ4v) is 2.29. The Balaban J connectivity index is 2.29. The number of hydrogen-bond acceptors (Lipinski definition) is 2. The van der Waals surface area contributed by atoms with E-state index in [0.717, 1.165) is 34.6 Å². The van der Waals surface area contributed by atoms with Gasteiger partial charge in [0.2, 0.25) is 0 Å². The molecule has 0 aliphatic rings. The van der Waals surface area contributed by atoms with E-state index in [1.807, 2.05) is 24.3 Å². The van der Waals surface area contributed by atoms with Crippen molar-refractivity contribution in [1.82, 2.24) is 0 Å². The molecule has 17 heavy (non-hydrogen) atoms. The highest BCUT2D eigenvalue weighted by atomic mass is 35.5. The van der Waals surface area contributed by atoms with Crippen LogP contribution in [-0.4, -0.2) is 0 Å². The topological polar surface area (TPSA) is 39.2 Å². The van der Waals surface area contributed by atoms with Crippen LogP contribution in [0.2, 0.25) is 5.02 Å². The summed E-state index contributed by atoms with van der Waals surface area (Å²) >= 11 is 5.95. The van der Waals surface area contributed by atoms with Crippen molar-refractivity contribution in [3.63, 3.8) is 0 Å². The normalized spacial score (nSPS) is 15.1. The van der Waals surface area contributed by atoms with Crippen LogP contribution in [0.4, 0.5) is 0 Å². The molecule has 0 fully saturated rings. The molecular formula is C14H18ClNO. The van der Waals surface area contributed by atoms with Gasteiger partial charge in [0.25, 0.3) is 0 Å². The Morgan fingerprint density at radius 2 is 2.12 bits per heavy atom. The molecule has 92 valence electrons. The smallest absolute Gasteiger partial charge is 0.134 e. The average molecular weight is 252 g/mol. The molecule has 0 aliphatic carbocycles. The van der Waals surface area contributed by atoms with Crippen LogP contribution in [0.25, 0.3) is 11.0 Å². The summed E-state index contributed by atoms with van der Waals surface area (Å²) in [4.78, 5) is 0. The van der Waals surface area contributed by atoms with Crippen LogP contribution in [0.15, 0.2) is 28.7 Å². The van der Waals surface area contributed by atoms with E-state index in [-0.39, 0.29) is 6.04 Å². The number of nitrogens with two attached hydrogens (primary N) is 1. The summed E-state index contributed by atoms with van der Waals surface area (Å²) in [6, 6.07) is 7.58. The molecular weight excluding hydrogens is 234 g/mol. The molecule has 0 saturated carbocycles. The fourth-order valence-electron chi connectivity index (χ4n) is 2.11. The molecule has 0 amide bonds. The van der Waals surface area contributed by atoms with Crippen molar-refractivity contribution in [2.75, 3.05) is 0 Å². The highest BCUT2D eigenvalue weighted by Crippen LogP contribution is 2.29. The summed E-state index contributed by atoms with van der Waals surface area (Å²) in [5.74, 6) is 1.28. The van der Waals surface area contributed by atoms with Gasteiger partial charge < -0.3 is 10.2 Å². The highest BCUT2D eigenvalue weighted by molar-refractivity contribution is 6.31. The van der Waals surface area contributed by atoms with Crippen LogP contribution in [0, 0.1) is 5.92 Å². The van der Waals surface area contributed by atoms with E-state index in [9.17, 15) is 0 Å². The molecule has 0 saturated heterocycles. The zero-order chi connectivity index (χ0) is 12.4. The summed E-state index contributed by atoms with van der Waals surface area (Å²) < 4.78 is 5.77. The van der Waals surface area contributed by atoms with Gasteiger partial charge in [0.15, 0.2) is 0 Å². The molecule has 2 rings (SSSR count). The van der Waals surface area contributed by atoms with E-state index in [0.29, 0.717) is 5.92 Å². The lowest BCUT2D eigenvalue weighted by Crippen LogP contribution is -2.18. The molecule has 0 aliphatic heterocycles. The van der Waals surface area contributed by atoms with Crippen molar-refractivity contribution < 1.29 is 4.42 Å². The minimum Gasteiger partial charge on any atom is -0.459 e. The van der Waals surface area contributed by atoms with E-state index in [2.05, 4.69) is 13.8 Å². The zero-order valence-electron chi connectivity index (χ0n) is 10.2. The number of rotatable bonds is 4. The molecule has 2 unspecified atom stereocenters. The second kappa shape index (κ2) is 5.11. The lowest BCUT2D eigenvalue weighted by atomic mass is 9.96. The van der Waals surface area contributed by atoms with Crippen molar-refractivity contribution in [2.45, 2.75) is 32.7 Å². The summed E-state index contributed by atoms with van der Waals surface area (Å²) in [5, 5.41) is 1.74. The van der Waals surface area contributed by atoms with Gasteiger partial charge in [-0.3, -0.25) is 0 Å². The number of halogens is 1. The number of hydrogen-bond donors (Lipinski definition) is 1. The third-order valence-electron chi connectivity index (χ3n) is 3.18. The highest BCUT2D eigenvalue weighted by Gasteiger charge is 2.18. The first-order chi connectivity index (χ1) is 8.11. The largest absolute Gasteiger partial charge is 0.459 e. The molecule has 1 aromatic carbocycles. The zero-order valence-corrected chi connectivity index (χ0v) is 11.0. The molecule has 1 heterocycles. The quantitative estimate of drug-likeness (QED) is 0.868. The first-order valence-corrected chi connectivity index (χ1v) is 6.44. The van der Waals surface area contributed by atoms with Gasteiger partial charge in [0.05, 0.1) is 6.04 Å². The average Bonchev–Trinajstić information content (AvgIpc) is 2.71. The standard InChI is InChI=1S/C14H18ClNO/c1-3-4-9(2)14(16)13-8-10-7-11(15)5-6-12(10)17-13/h5-9,14H,3-4,16H2,1-2H3. The molecule has 2 nitrogen and oxygen atoms in total. The predicted octanol–water partition coefficient (Wildman–Crippen LogP) is 4.52. The molecule has 2 N–H and O–H groups in total. The minimum atomic E-state index is -0.0406. The fraction of sp³-hybridized carbons (Fsp3) is 0.429. The summed E-state index contributed by atoms with van der Waals surface area (Å²) in [6.07, 6.45) is 2.25. The number of furan rings is 1. The minimum absolute atomic E-state index is 0.0406. The van der Waals surface area contributed by atoms with E-state index >= 15 is 0 Å². The Bertz CT molecular complexity index is 506. The number of fused-ring (bicyclic) bond motifs is 1. The van der Waals surface area contributed by atoms with Crippen LogP contribution in [0.5, 0.6) is 0 Å². The maximum atomic E-state index is 6.20. The van der Waals surface area contributed by atoms with Crippen LogP contribution < -0.4 is 5.73 Å². The third-order valence-corrected chi connectivity index (χ3v) is 3.42. The maximum Gasteiger partial charge on any atom is 0.134 e. The van der Waals surface area contributed by atoms with Gasteiger partial charge in [-0.05, 0) is 36.6 Å². The monoisotopic (exact) mass is 251 g/mol. The van der Waals surface area contributed by atoms with Crippen LogP contribution in [-0.2, 0) is 0 Å². The molecule has 2 atom stereocenters. The second-order valence-corrected chi connectivity index (χ2v) is 5.06. The van der Waals surface area contributed by atoms with Crippen molar-refractivity contribution in [3.8, 4) is 0 Å². The van der Waals surface area contributed by atoms with E-state index in [1.54, 1.807) is 0 Å². The Kier molecular flexibility index (Phi) is 3.75. The molecule has 0 bridgehead atoms. The van der Waals surface area contributed by atoms with Gasteiger partial charge in [-0.2, -0.15) is 0 Å². The predicted molar refractivity (Wildman–Crippen MR) is 72.2 cm³/mol. The van der Waals surface area contributed by atoms with Crippen LogP contribution in [0.3, 0.4) is 0 Å². The van der Waals surface area contributed by atoms with Gasteiger partial charge in [0, 0.05) is 10.4 Å². The van der Waals surface area contributed by atoms with Gasteiger partial charge in [-0.25, -0.2) is 0 Å². The van der Waals surface area contributed by atoms with E-state index < -0.39 is 0 Å². The van der Waals surface area contributed by atoms with Gasteiger partial charge in [0.1, 0.15) is 11.3 Å². The van der Waals surface area contributed by atoms with Crippen molar-refractivity contribution in [1.29, 1.82) is 0 Å². The van der Waals surface area contributed by atoms with Gasteiger partial charge in [-0.15, -0.1) is 0 Å². The molecule has 3 heteroatoms. The second-order valence-electron chi connectivity index (χ2n) is 4.62. The first kappa shape index (κ1) is 12.5. The summed E-state index contributed by atoms with van der Waals surface area (Å²) in [7, 11) is 0. The van der Waals surface area contributed by atoms with Crippen molar-refractivity contribution >= 4 is 22.6 Å². The lowest BCUT2D eigenvalue weighted by molar-refractivity contribution is 0.375. The van der Waals surface area contributed by atoms with Crippen molar-refractivity contribution in [2.24, 2.45) is 11.7 Å². The van der Waals surface area contributed by atoms with Crippen LogP contribution in [0.1, 0.15) is 38.5 Å². The lowest BCUT2D eigenvalue weighted by Gasteiger charge is -2.16. The maximum absolute atomic E-state index is 6.20. The summed E-state index contributed by atoms with van der Waals surface area (Å²) in [6.45, 7) is 4.33. The molecule has 1 aromatic heterocycles. The SMILES string of the molecule is CCCC(C)C(N)c1cc2cc(Cl)ccc2o1. The third kappa shape index (κ3) is 2.64. The molecule has 0 radical (unpaired) electrons. The van der Waals surface area contributed by atoms with E-state index in [1.165, 1.54) is 0 Å². The summed E-state index contributed by atoms with van der Waals surface area (Å²) in [5.41, 5.74) is 7.05.